The van der Waals surface area contributed by atoms with E-state index in [1.54, 1.807) is 0 Å². The summed E-state index contributed by atoms with van der Waals surface area (Å²) in [6.07, 6.45) is 10.4. The van der Waals surface area contributed by atoms with Crippen LogP contribution < -0.4 is 0 Å². The van der Waals surface area contributed by atoms with E-state index >= 15 is 0 Å². The molecule has 0 amide bonds. The van der Waals surface area contributed by atoms with Crippen molar-refractivity contribution in [3.8, 4) is 0 Å². The molecular formula is C28H44O5S. The first kappa shape index (κ1) is 26.0. The van der Waals surface area contributed by atoms with Crippen LogP contribution in [0.3, 0.4) is 0 Å². The molecule has 0 heterocycles. The second-order valence-corrected chi connectivity index (χ2v) is 13.4. The van der Waals surface area contributed by atoms with Crippen molar-refractivity contribution in [2.75, 3.05) is 5.75 Å². The van der Waals surface area contributed by atoms with Gasteiger partial charge < -0.3 is 9.47 Å². The van der Waals surface area contributed by atoms with E-state index < -0.39 is 0 Å². The normalized spacial score (nSPS) is 44.2. The van der Waals surface area contributed by atoms with Gasteiger partial charge in [-0.15, -0.1) is 0 Å². The van der Waals surface area contributed by atoms with E-state index in [4.69, 9.17) is 9.47 Å². The van der Waals surface area contributed by atoms with E-state index in [9.17, 15) is 14.4 Å². The van der Waals surface area contributed by atoms with E-state index in [1.165, 1.54) is 37.4 Å². The van der Waals surface area contributed by atoms with E-state index in [0.717, 1.165) is 37.9 Å². The largest absolute Gasteiger partial charge is 0.465 e. The van der Waals surface area contributed by atoms with Crippen molar-refractivity contribution in [3.63, 3.8) is 0 Å². The number of hydrogen-bond acceptors (Lipinski definition) is 6. The first-order valence-corrected chi connectivity index (χ1v) is 14.6. The summed E-state index contributed by atoms with van der Waals surface area (Å²) in [5, 5.41) is 0.304. The summed E-state index contributed by atoms with van der Waals surface area (Å²) in [7, 11) is 0. The summed E-state index contributed by atoms with van der Waals surface area (Å²) < 4.78 is 11.3. The molecule has 0 spiro atoms. The van der Waals surface area contributed by atoms with Gasteiger partial charge in [0.15, 0.2) is 5.12 Å². The lowest BCUT2D eigenvalue weighted by atomic mass is 9.43. The topological polar surface area (TPSA) is 69.7 Å². The van der Waals surface area contributed by atoms with Gasteiger partial charge in [-0.25, -0.2) is 0 Å². The third-order valence-electron chi connectivity index (χ3n) is 11.0. The van der Waals surface area contributed by atoms with Gasteiger partial charge in [0.1, 0.15) is 12.2 Å². The summed E-state index contributed by atoms with van der Waals surface area (Å²) in [4.78, 5) is 34.8. The minimum absolute atomic E-state index is 0.0104. The van der Waals surface area contributed by atoms with Crippen molar-refractivity contribution in [3.05, 3.63) is 0 Å². The van der Waals surface area contributed by atoms with Crippen LogP contribution in [0.2, 0.25) is 0 Å². The fourth-order valence-electron chi connectivity index (χ4n) is 9.37. The number of thioether (sulfide) groups is 1. The Labute approximate surface area is 209 Å². The number of rotatable bonds is 9. The van der Waals surface area contributed by atoms with Crippen molar-refractivity contribution in [1.29, 1.82) is 0 Å². The summed E-state index contributed by atoms with van der Waals surface area (Å²) in [6.45, 7) is 10.5. The maximum Gasteiger partial charge on any atom is 0.293 e. The van der Waals surface area contributed by atoms with E-state index in [1.807, 2.05) is 6.92 Å². The molecule has 4 fully saturated rings. The molecule has 6 heteroatoms. The highest BCUT2D eigenvalue weighted by atomic mass is 32.2. The molecular weight excluding hydrogens is 448 g/mol. The number of carbonyl (C=O) groups excluding carboxylic acids is 3. The van der Waals surface area contributed by atoms with E-state index in [0.29, 0.717) is 60.0 Å². The van der Waals surface area contributed by atoms with Crippen molar-refractivity contribution >= 4 is 29.8 Å². The average Bonchev–Trinajstić information content (AvgIpc) is 3.17. The molecule has 4 rings (SSSR count). The summed E-state index contributed by atoms with van der Waals surface area (Å²) in [5.74, 6) is 4.17. The zero-order valence-corrected chi connectivity index (χ0v) is 22.3. The lowest BCUT2D eigenvalue weighted by molar-refractivity contribution is -0.190. The van der Waals surface area contributed by atoms with Crippen LogP contribution in [0, 0.1) is 46.3 Å². The Morgan fingerprint density at radius 3 is 2.50 bits per heavy atom. The standard InChI is InChI=1S/C28H44O5S/c1-5-34-26(31)11-6-18(2)22-9-10-23-21-8-7-19-14-20(32-16-29)12-13-27(19,3)24(21)15-25(33-17-30)28(22,23)4/h16-25H,5-15H2,1-4H3. The Morgan fingerprint density at radius 2 is 1.79 bits per heavy atom. The number of hydrogen-bond donors (Lipinski definition) is 0. The van der Waals surface area contributed by atoms with Gasteiger partial charge in [0.25, 0.3) is 12.9 Å². The fourth-order valence-corrected chi connectivity index (χ4v) is 9.95. The predicted molar refractivity (Wildman–Crippen MR) is 134 cm³/mol. The molecule has 10 unspecified atom stereocenters. The molecule has 4 aliphatic carbocycles. The van der Waals surface area contributed by atoms with Crippen LogP contribution in [0.4, 0.5) is 0 Å². The average molecular weight is 493 g/mol. The second-order valence-electron chi connectivity index (χ2n) is 12.1. The van der Waals surface area contributed by atoms with Crippen molar-refractivity contribution in [2.45, 2.75) is 104 Å². The third-order valence-corrected chi connectivity index (χ3v) is 11.8. The van der Waals surface area contributed by atoms with Gasteiger partial charge in [-0.1, -0.05) is 39.5 Å². The van der Waals surface area contributed by atoms with Crippen LogP contribution in [-0.4, -0.2) is 36.0 Å². The number of carbonyl (C=O) groups is 3. The molecule has 0 saturated heterocycles. The highest BCUT2D eigenvalue weighted by molar-refractivity contribution is 8.13. The predicted octanol–water partition coefficient (Wildman–Crippen LogP) is 6.03. The lowest BCUT2D eigenvalue weighted by Gasteiger charge is -2.62. The summed E-state index contributed by atoms with van der Waals surface area (Å²) in [6, 6.07) is 0. The summed E-state index contributed by atoms with van der Waals surface area (Å²) in [5.41, 5.74) is 0.217. The first-order chi connectivity index (χ1) is 16.3. The molecule has 10 atom stereocenters. The third kappa shape index (κ3) is 4.46. The van der Waals surface area contributed by atoms with Crippen LogP contribution in [-0.2, 0) is 23.9 Å². The summed E-state index contributed by atoms with van der Waals surface area (Å²) >= 11 is 1.44. The van der Waals surface area contributed by atoms with Crippen LogP contribution in [0.15, 0.2) is 0 Å². The minimum Gasteiger partial charge on any atom is -0.465 e. The maximum absolute atomic E-state index is 12.2. The monoisotopic (exact) mass is 492 g/mol. The fraction of sp³-hybridized carbons (Fsp3) is 0.893. The molecule has 0 aromatic rings. The van der Waals surface area contributed by atoms with E-state index in [2.05, 4.69) is 20.8 Å². The molecule has 192 valence electrons. The van der Waals surface area contributed by atoms with Crippen LogP contribution in [0.1, 0.15) is 91.9 Å². The smallest absolute Gasteiger partial charge is 0.293 e. The first-order valence-electron chi connectivity index (χ1n) is 13.6. The molecule has 0 aliphatic heterocycles. The van der Waals surface area contributed by atoms with Gasteiger partial charge in [-0.2, -0.15) is 0 Å². The minimum atomic E-state index is -0.0496. The van der Waals surface area contributed by atoms with E-state index in [-0.39, 0.29) is 23.0 Å². The molecule has 0 radical (unpaired) electrons. The van der Waals surface area contributed by atoms with Crippen LogP contribution in [0.5, 0.6) is 0 Å². The van der Waals surface area contributed by atoms with Gasteiger partial charge in [-0.05, 0) is 104 Å². The highest BCUT2D eigenvalue weighted by Crippen LogP contribution is 2.69. The molecule has 0 aromatic carbocycles. The van der Waals surface area contributed by atoms with Gasteiger partial charge in [0.05, 0.1) is 0 Å². The Bertz CT molecular complexity index is 757. The quantitative estimate of drug-likeness (QED) is 0.366. The Kier molecular flexibility index (Phi) is 8.06. The van der Waals surface area contributed by atoms with Gasteiger partial charge in [-0.3, -0.25) is 14.4 Å². The Hall–Kier alpha value is -1.04. The Morgan fingerprint density at radius 1 is 1.03 bits per heavy atom. The van der Waals surface area contributed by atoms with Crippen molar-refractivity contribution < 1.29 is 23.9 Å². The van der Waals surface area contributed by atoms with Crippen LogP contribution >= 0.6 is 11.8 Å². The highest BCUT2D eigenvalue weighted by Gasteiger charge is 2.64. The molecule has 0 N–H and O–H groups in total. The molecule has 4 aliphatic rings. The van der Waals surface area contributed by atoms with Crippen molar-refractivity contribution in [1.82, 2.24) is 0 Å². The van der Waals surface area contributed by atoms with Gasteiger partial charge in [0, 0.05) is 11.8 Å². The lowest BCUT2D eigenvalue weighted by Crippen LogP contribution is -2.59. The molecule has 0 bridgehead atoms. The van der Waals surface area contributed by atoms with Crippen molar-refractivity contribution in [2.24, 2.45) is 46.3 Å². The van der Waals surface area contributed by atoms with Gasteiger partial charge >= 0.3 is 0 Å². The Balaban J connectivity index is 1.54. The molecule has 34 heavy (non-hydrogen) atoms. The molecule has 4 saturated carbocycles. The number of fused-ring (bicyclic) bond motifs is 5. The zero-order valence-electron chi connectivity index (χ0n) is 21.5. The second kappa shape index (κ2) is 10.5. The molecule has 5 nitrogen and oxygen atoms in total. The SMILES string of the molecule is CCSC(=O)CCC(C)C1CCC2C3CCC4CC(OC=O)CCC4(C)C3CC(OC=O)C12C. The maximum atomic E-state index is 12.2. The zero-order chi connectivity index (χ0) is 24.5. The molecule has 0 aromatic heterocycles. The number of ether oxygens (including phenoxy) is 2. The van der Waals surface area contributed by atoms with Gasteiger partial charge in [0.2, 0.25) is 0 Å². The van der Waals surface area contributed by atoms with Crippen LogP contribution in [0.25, 0.3) is 0 Å².